The second-order valence-corrected chi connectivity index (χ2v) is 4.02. The number of methoxy groups -OCH3 is 1. The molecule has 1 aliphatic heterocycles. The number of hydrazine groups is 1. The van der Waals surface area contributed by atoms with Gasteiger partial charge in [-0.2, -0.15) is 0 Å². The molecule has 0 radical (unpaired) electrons. The van der Waals surface area contributed by atoms with Crippen LogP contribution in [0.1, 0.15) is 12.0 Å². The third-order valence-electron chi connectivity index (χ3n) is 2.85. The SMILES string of the molecule is COc1cccc(CC(NN)C2=CCCO2)c1. The van der Waals surface area contributed by atoms with Crippen molar-refractivity contribution in [3.05, 3.63) is 41.7 Å². The maximum Gasteiger partial charge on any atom is 0.119 e. The van der Waals surface area contributed by atoms with E-state index in [-0.39, 0.29) is 6.04 Å². The molecule has 4 heteroatoms. The number of ether oxygens (including phenoxy) is 2. The molecule has 1 atom stereocenters. The quantitative estimate of drug-likeness (QED) is 0.597. The fourth-order valence-electron chi connectivity index (χ4n) is 1.96. The molecular weight excluding hydrogens is 216 g/mol. The largest absolute Gasteiger partial charge is 0.497 e. The molecule has 0 amide bonds. The van der Waals surface area contributed by atoms with Crippen molar-refractivity contribution in [3.8, 4) is 5.75 Å². The van der Waals surface area contributed by atoms with Crippen LogP contribution in [0.4, 0.5) is 0 Å². The highest BCUT2D eigenvalue weighted by molar-refractivity contribution is 5.30. The topological polar surface area (TPSA) is 56.5 Å². The third-order valence-corrected chi connectivity index (χ3v) is 2.85. The standard InChI is InChI=1S/C13H18N2O2/c1-16-11-5-2-4-10(8-11)9-12(15-14)13-6-3-7-17-13/h2,4-6,8,12,15H,3,7,9,14H2,1H3. The molecule has 1 aromatic rings. The normalized spacial score (nSPS) is 16.2. The molecule has 2 rings (SSSR count). The van der Waals surface area contributed by atoms with Crippen LogP contribution in [0.15, 0.2) is 36.1 Å². The van der Waals surface area contributed by atoms with Crippen molar-refractivity contribution < 1.29 is 9.47 Å². The fourth-order valence-corrected chi connectivity index (χ4v) is 1.96. The maximum atomic E-state index is 5.57. The van der Waals surface area contributed by atoms with Crippen LogP contribution in [-0.4, -0.2) is 19.8 Å². The van der Waals surface area contributed by atoms with Crippen molar-refractivity contribution in [2.24, 2.45) is 5.84 Å². The summed E-state index contributed by atoms with van der Waals surface area (Å²) in [6.07, 6.45) is 3.84. The van der Waals surface area contributed by atoms with Gasteiger partial charge in [-0.1, -0.05) is 12.1 Å². The van der Waals surface area contributed by atoms with E-state index >= 15 is 0 Å². The van der Waals surface area contributed by atoms with E-state index in [4.69, 9.17) is 15.3 Å². The van der Waals surface area contributed by atoms with Crippen LogP contribution in [0.25, 0.3) is 0 Å². The van der Waals surface area contributed by atoms with Gasteiger partial charge in [0.1, 0.15) is 11.5 Å². The summed E-state index contributed by atoms with van der Waals surface area (Å²) < 4.78 is 10.7. The minimum atomic E-state index is 0.0320. The lowest BCUT2D eigenvalue weighted by atomic mass is 10.0. The van der Waals surface area contributed by atoms with E-state index in [0.717, 1.165) is 31.0 Å². The molecule has 92 valence electrons. The van der Waals surface area contributed by atoms with Gasteiger partial charge in [-0.3, -0.25) is 5.84 Å². The zero-order valence-corrected chi connectivity index (χ0v) is 9.98. The van der Waals surface area contributed by atoms with Crippen LogP contribution in [0, 0.1) is 0 Å². The van der Waals surface area contributed by atoms with Gasteiger partial charge in [-0.05, 0) is 30.2 Å². The summed E-state index contributed by atoms with van der Waals surface area (Å²) >= 11 is 0. The highest BCUT2D eigenvalue weighted by atomic mass is 16.5. The summed E-state index contributed by atoms with van der Waals surface area (Å²) in [6.45, 7) is 0.756. The molecule has 0 spiro atoms. The monoisotopic (exact) mass is 234 g/mol. The average molecular weight is 234 g/mol. The van der Waals surface area contributed by atoms with E-state index < -0.39 is 0 Å². The molecule has 1 aromatic carbocycles. The van der Waals surface area contributed by atoms with Gasteiger partial charge in [0.15, 0.2) is 0 Å². The molecule has 0 saturated heterocycles. The van der Waals surface area contributed by atoms with E-state index in [1.54, 1.807) is 7.11 Å². The zero-order valence-electron chi connectivity index (χ0n) is 9.98. The van der Waals surface area contributed by atoms with Crippen molar-refractivity contribution >= 4 is 0 Å². The summed E-state index contributed by atoms with van der Waals surface area (Å²) in [5, 5.41) is 0. The van der Waals surface area contributed by atoms with Gasteiger partial charge in [-0.25, -0.2) is 5.43 Å². The minimum absolute atomic E-state index is 0.0320. The highest BCUT2D eigenvalue weighted by Crippen LogP contribution is 2.19. The first-order chi connectivity index (χ1) is 8.33. The van der Waals surface area contributed by atoms with Crippen LogP contribution in [0.2, 0.25) is 0 Å². The van der Waals surface area contributed by atoms with Gasteiger partial charge < -0.3 is 9.47 Å². The zero-order chi connectivity index (χ0) is 12.1. The van der Waals surface area contributed by atoms with Crippen LogP contribution in [-0.2, 0) is 11.2 Å². The Balaban J connectivity index is 2.06. The summed E-state index contributed by atoms with van der Waals surface area (Å²) in [5.74, 6) is 7.37. The predicted molar refractivity (Wildman–Crippen MR) is 66.5 cm³/mol. The van der Waals surface area contributed by atoms with Crippen LogP contribution in [0.3, 0.4) is 0 Å². The minimum Gasteiger partial charge on any atom is -0.497 e. The van der Waals surface area contributed by atoms with Crippen LogP contribution < -0.4 is 16.0 Å². The Labute approximate surface area is 101 Å². The third kappa shape index (κ3) is 2.99. The molecular formula is C13H18N2O2. The summed E-state index contributed by atoms with van der Waals surface area (Å²) in [5.41, 5.74) is 3.97. The van der Waals surface area contributed by atoms with Crippen molar-refractivity contribution in [2.45, 2.75) is 18.9 Å². The summed E-state index contributed by atoms with van der Waals surface area (Å²) in [6, 6.07) is 8.01. The predicted octanol–water partition coefficient (Wildman–Crippen LogP) is 1.37. The highest BCUT2D eigenvalue weighted by Gasteiger charge is 2.18. The number of nitrogens with one attached hydrogen (secondary N) is 1. The molecule has 1 heterocycles. The Hall–Kier alpha value is -1.52. The number of hydrogen-bond acceptors (Lipinski definition) is 4. The smallest absolute Gasteiger partial charge is 0.119 e. The molecule has 17 heavy (non-hydrogen) atoms. The summed E-state index contributed by atoms with van der Waals surface area (Å²) in [7, 11) is 1.67. The Kier molecular flexibility index (Phi) is 4.01. The average Bonchev–Trinajstić information content (AvgIpc) is 2.90. The first-order valence-electron chi connectivity index (χ1n) is 5.75. The van der Waals surface area contributed by atoms with Crippen molar-refractivity contribution in [3.63, 3.8) is 0 Å². The lowest BCUT2D eigenvalue weighted by Gasteiger charge is -2.17. The van der Waals surface area contributed by atoms with E-state index in [1.165, 1.54) is 5.56 Å². The molecule has 0 saturated carbocycles. The summed E-state index contributed by atoms with van der Waals surface area (Å²) in [4.78, 5) is 0. The van der Waals surface area contributed by atoms with Gasteiger partial charge >= 0.3 is 0 Å². The van der Waals surface area contributed by atoms with Crippen molar-refractivity contribution in [1.29, 1.82) is 0 Å². The second kappa shape index (κ2) is 5.70. The number of hydrogen-bond donors (Lipinski definition) is 2. The van der Waals surface area contributed by atoms with Gasteiger partial charge in [-0.15, -0.1) is 0 Å². The maximum absolute atomic E-state index is 5.57. The van der Waals surface area contributed by atoms with Gasteiger partial charge in [0.2, 0.25) is 0 Å². The van der Waals surface area contributed by atoms with Crippen molar-refractivity contribution in [1.82, 2.24) is 5.43 Å². The Morgan fingerprint density at radius 2 is 2.41 bits per heavy atom. The molecule has 3 N–H and O–H groups in total. The Morgan fingerprint density at radius 1 is 1.53 bits per heavy atom. The lowest BCUT2D eigenvalue weighted by Crippen LogP contribution is -2.38. The van der Waals surface area contributed by atoms with Crippen LogP contribution >= 0.6 is 0 Å². The first kappa shape index (κ1) is 12.0. The van der Waals surface area contributed by atoms with E-state index in [9.17, 15) is 0 Å². The van der Waals surface area contributed by atoms with E-state index in [2.05, 4.69) is 17.6 Å². The van der Waals surface area contributed by atoms with Gasteiger partial charge in [0.05, 0.1) is 19.8 Å². The van der Waals surface area contributed by atoms with Crippen LogP contribution in [0.5, 0.6) is 5.75 Å². The van der Waals surface area contributed by atoms with Gasteiger partial charge in [0.25, 0.3) is 0 Å². The van der Waals surface area contributed by atoms with Crippen molar-refractivity contribution in [2.75, 3.05) is 13.7 Å². The second-order valence-electron chi connectivity index (χ2n) is 4.02. The Morgan fingerprint density at radius 3 is 3.06 bits per heavy atom. The molecule has 1 aliphatic rings. The number of rotatable bonds is 5. The molecule has 4 nitrogen and oxygen atoms in total. The molecule has 0 aromatic heterocycles. The number of benzene rings is 1. The molecule has 0 fully saturated rings. The lowest BCUT2D eigenvalue weighted by molar-refractivity contribution is 0.214. The molecule has 0 aliphatic carbocycles. The fraction of sp³-hybridized carbons (Fsp3) is 0.385. The Bertz CT molecular complexity index is 404. The van der Waals surface area contributed by atoms with E-state index in [0.29, 0.717) is 0 Å². The first-order valence-corrected chi connectivity index (χ1v) is 5.75. The van der Waals surface area contributed by atoms with Gasteiger partial charge in [0, 0.05) is 6.42 Å². The number of nitrogens with two attached hydrogens (primary N) is 1. The van der Waals surface area contributed by atoms with E-state index in [1.807, 2.05) is 18.2 Å². The molecule has 1 unspecified atom stereocenters. The molecule has 0 bridgehead atoms.